The van der Waals surface area contributed by atoms with E-state index in [2.05, 4.69) is 24.4 Å². The van der Waals surface area contributed by atoms with E-state index in [1.165, 1.54) is 0 Å². The van der Waals surface area contributed by atoms with Gasteiger partial charge in [-0.15, -0.1) is 11.3 Å². The first kappa shape index (κ1) is 21.6. The zero-order valence-corrected chi connectivity index (χ0v) is 18.6. The lowest BCUT2D eigenvalue weighted by Crippen LogP contribution is -2.13. The van der Waals surface area contributed by atoms with Gasteiger partial charge >= 0.3 is 0 Å². The summed E-state index contributed by atoms with van der Waals surface area (Å²) in [6.07, 6.45) is 3.91. The average Bonchev–Trinajstić information content (AvgIpc) is 3.20. The highest BCUT2D eigenvalue weighted by Gasteiger charge is 2.15. The van der Waals surface area contributed by atoms with Crippen molar-refractivity contribution < 1.29 is 14.2 Å². The van der Waals surface area contributed by atoms with E-state index in [4.69, 9.17) is 24.3 Å². The van der Waals surface area contributed by atoms with Crippen LogP contribution in [0.5, 0.6) is 17.2 Å². The molecular formula is C23H27N3O3S. The lowest BCUT2D eigenvalue weighted by Gasteiger charge is -2.13. The Morgan fingerprint density at radius 3 is 2.40 bits per heavy atom. The van der Waals surface area contributed by atoms with Crippen molar-refractivity contribution in [2.75, 3.05) is 27.9 Å². The summed E-state index contributed by atoms with van der Waals surface area (Å²) in [4.78, 5) is 5.61. The molecule has 0 N–H and O–H groups in total. The van der Waals surface area contributed by atoms with Gasteiger partial charge in [-0.1, -0.05) is 43.7 Å². The molecule has 0 fully saturated rings. The molecule has 7 heteroatoms. The fourth-order valence-electron chi connectivity index (χ4n) is 3.01. The summed E-state index contributed by atoms with van der Waals surface area (Å²) in [5.74, 6) is 1.72. The smallest absolute Gasteiger partial charge is 0.206 e. The molecule has 2 aromatic carbocycles. The Labute approximate surface area is 181 Å². The minimum Gasteiger partial charge on any atom is -0.493 e. The van der Waals surface area contributed by atoms with Gasteiger partial charge in [-0.2, -0.15) is 5.10 Å². The molecular weight excluding hydrogens is 398 g/mol. The first-order chi connectivity index (χ1) is 14.7. The Kier molecular flexibility index (Phi) is 7.68. The summed E-state index contributed by atoms with van der Waals surface area (Å²) in [6, 6.07) is 13.9. The molecule has 0 atom stereocenters. The number of ether oxygens (including phenoxy) is 3. The molecule has 0 saturated carbocycles. The van der Waals surface area contributed by atoms with Gasteiger partial charge in [0, 0.05) is 23.1 Å². The topological polar surface area (TPSA) is 57.3 Å². The molecule has 158 valence electrons. The molecule has 0 unspecified atom stereocenters. The van der Waals surface area contributed by atoms with Crippen molar-refractivity contribution in [2.45, 2.75) is 19.8 Å². The fraction of sp³-hybridized carbons (Fsp3) is 0.304. The van der Waals surface area contributed by atoms with Gasteiger partial charge in [0.2, 0.25) is 10.6 Å². The number of thiazole rings is 1. The van der Waals surface area contributed by atoms with Crippen molar-refractivity contribution in [3.63, 3.8) is 0 Å². The van der Waals surface area contributed by atoms with Gasteiger partial charge < -0.3 is 14.2 Å². The van der Waals surface area contributed by atoms with Crippen molar-refractivity contribution in [1.29, 1.82) is 0 Å². The third kappa shape index (κ3) is 4.74. The maximum Gasteiger partial charge on any atom is 0.206 e. The number of rotatable bonds is 9. The standard InChI is InChI=1S/C23H27N3O3S/c1-5-6-14-24-23-26(19(16-30-23)17-10-8-7-9-11-17)25-15-18-12-13-20(27-2)22(29-4)21(18)28-3/h7-13,15-16H,5-6,14H2,1-4H3/b24-23?,25-15-. The van der Waals surface area contributed by atoms with Crippen molar-refractivity contribution in [1.82, 2.24) is 4.68 Å². The van der Waals surface area contributed by atoms with Crippen LogP contribution >= 0.6 is 11.3 Å². The zero-order valence-electron chi connectivity index (χ0n) is 17.8. The van der Waals surface area contributed by atoms with Gasteiger partial charge in [-0.05, 0) is 18.6 Å². The third-order valence-corrected chi connectivity index (χ3v) is 5.41. The van der Waals surface area contributed by atoms with E-state index < -0.39 is 0 Å². The number of methoxy groups -OCH3 is 3. The van der Waals surface area contributed by atoms with Gasteiger partial charge in [0.25, 0.3) is 0 Å². The van der Waals surface area contributed by atoms with Crippen LogP contribution in [0.4, 0.5) is 0 Å². The highest BCUT2D eigenvalue weighted by atomic mass is 32.1. The third-order valence-electron chi connectivity index (χ3n) is 4.56. The molecule has 30 heavy (non-hydrogen) atoms. The monoisotopic (exact) mass is 425 g/mol. The Morgan fingerprint density at radius 2 is 1.73 bits per heavy atom. The van der Waals surface area contributed by atoms with Crippen molar-refractivity contribution >= 4 is 17.6 Å². The number of nitrogens with zero attached hydrogens (tertiary/aromatic N) is 3. The second-order valence-electron chi connectivity index (χ2n) is 6.48. The maximum atomic E-state index is 5.58. The number of hydrogen-bond donors (Lipinski definition) is 0. The second kappa shape index (κ2) is 10.6. The largest absolute Gasteiger partial charge is 0.493 e. The van der Waals surface area contributed by atoms with Crippen LogP contribution in [0, 0.1) is 0 Å². The minimum atomic E-state index is 0.537. The summed E-state index contributed by atoms with van der Waals surface area (Å²) in [5.41, 5.74) is 2.86. The molecule has 0 radical (unpaired) electrons. The van der Waals surface area contributed by atoms with Gasteiger partial charge in [-0.3, -0.25) is 4.99 Å². The summed E-state index contributed by atoms with van der Waals surface area (Å²) in [7, 11) is 4.79. The van der Waals surface area contributed by atoms with Crippen molar-refractivity contribution in [3.05, 3.63) is 58.2 Å². The Hall–Kier alpha value is -3.06. The van der Waals surface area contributed by atoms with Gasteiger partial charge in [-0.25, -0.2) is 4.68 Å². The van der Waals surface area contributed by atoms with E-state index in [0.29, 0.717) is 17.2 Å². The molecule has 1 aromatic heterocycles. The molecule has 6 nitrogen and oxygen atoms in total. The SMILES string of the molecule is CCCCN=c1scc(-c2ccccc2)n1/N=C\c1ccc(OC)c(OC)c1OC. The Balaban J connectivity index is 2.08. The quantitative estimate of drug-likeness (QED) is 0.365. The molecule has 1 heterocycles. The fourth-order valence-corrected chi connectivity index (χ4v) is 3.87. The lowest BCUT2D eigenvalue weighted by molar-refractivity contribution is 0.324. The molecule has 0 spiro atoms. The van der Waals surface area contributed by atoms with Crippen molar-refractivity contribution in [2.24, 2.45) is 10.1 Å². The van der Waals surface area contributed by atoms with Crippen LogP contribution in [0.3, 0.4) is 0 Å². The van der Waals surface area contributed by atoms with Crippen LogP contribution in [0.1, 0.15) is 25.3 Å². The summed E-state index contributed by atoms with van der Waals surface area (Å²) < 4.78 is 18.3. The van der Waals surface area contributed by atoms with E-state index >= 15 is 0 Å². The zero-order chi connectivity index (χ0) is 21.3. The van der Waals surface area contributed by atoms with Crippen LogP contribution < -0.4 is 19.0 Å². The number of aromatic nitrogens is 1. The van der Waals surface area contributed by atoms with Crippen LogP contribution in [-0.4, -0.2) is 38.8 Å². The molecule has 0 aliphatic rings. The molecule has 3 aromatic rings. The van der Waals surface area contributed by atoms with Gasteiger partial charge in [0.05, 0.1) is 33.2 Å². The van der Waals surface area contributed by atoms with Crippen LogP contribution in [0.25, 0.3) is 11.3 Å². The number of unbranched alkanes of at least 4 members (excludes halogenated alkanes) is 1. The first-order valence-electron chi connectivity index (χ1n) is 9.83. The van der Waals surface area contributed by atoms with E-state index in [9.17, 15) is 0 Å². The highest BCUT2D eigenvalue weighted by Crippen LogP contribution is 2.39. The van der Waals surface area contributed by atoms with Gasteiger partial charge in [0.1, 0.15) is 0 Å². The molecule has 3 rings (SSSR count). The van der Waals surface area contributed by atoms with E-state index in [0.717, 1.165) is 41.0 Å². The van der Waals surface area contributed by atoms with Crippen LogP contribution in [-0.2, 0) is 0 Å². The molecule has 0 saturated heterocycles. The summed E-state index contributed by atoms with van der Waals surface area (Å²) in [5, 5.41) is 6.85. The predicted octanol–water partition coefficient (Wildman–Crippen LogP) is 4.83. The average molecular weight is 426 g/mol. The normalized spacial score (nSPS) is 11.8. The van der Waals surface area contributed by atoms with Gasteiger partial charge in [0.15, 0.2) is 11.5 Å². The second-order valence-corrected chi connectivity index (χ2v) is 7.32. The van der Waals surface area contributed by atoms with E-state index in [1.807, 2.05) is 35.0 Å². The Bertz CT molecular complexity index is 1060. The first-order valence-corrected chi connectivity index (χ1v) is 10.7. The molecule has 0 aliphatic carbocycles. The van der Waals surface area contributed by atoms with Crippen LogP contribution in [0.2, 0.25) is 0 Å². The molecule has 0 amide bonds. The summed E-state index contributed by atoms with van der Waals surface area (Å²) in [6.45, 7) is 2.94. The summed E-state index contributed by atoms with van der Waals surface area (Å²) >= 11 is 1.59. The maximum absolute atomic E-state index is 5.58. The lowest BCUT2D eigenvalue weighted by atomic mass is 10.2. The molecule has 0 bridgehead atoms. The van der Waals surface area contributed by atoms with Crippen molar-refractivity contribution in [3.8, 4) is 28.5 Å². The van der Waals surface area contributed by atoms with Crippen LogP contribution in [0.15, 0.2) is 57.9 Å². The minimum absolute atomic E-state index is 0.537. The van der Waals surface area contributed by atoms with E-state index in [1.54, 1.807) is 38.9 Å². The molecule has 0 aliphatic heterocycles. The number of hydrogen-bond acceptors (Lipinski definition) is 6. The Morgan fingerprint density at radius 1 is 0.967 bits per heavy atom. The van der Waals surface area contributed by atoms with E-state index in [-0.39, 0.29) is 0 Å². The highest BCUT2D eigenvalue weighted by molar-refractivity contribution is 7.07. The number of benzene rings is 2. The predicted molar refractivity (Wildman–Crippen MR) is 122 cm³/mol.